The molecule has 0 saturated carbocycles. The van der Waals surface area contributed by atoms with Gasteiger partial charge in [0, 0.05) is 35.8 Å². The van der Waals surface area contributed by atoms with E-state index in [1.807, 2.05) is 61.5 Å². The van der Waals surface area contributed by atoms with Crippen LogP contribution in [0.5, 0.6) is 0 Å². The van der Waals surface area contributed by atoms with Crippen molar-refractivity contribution < 1.29 is 9.59 Å². The maximum atomic E-state index is 13.5. The van der Waals surface area contributed by atoms with E-state index in [1.165, 1.54) is 11.8 Å². The van der Waals surface area contributed by atoms with Gasteiger partial charge in [0.05, 0.1) is 5.75 Å². The molecule has 3 rings (SSSR count). The van der Waals surface area contributed by atoms with Gasteiger partial charge in [-0.3, -0.25) is 9.59 Å². The number of carbonyl (C=O) groups excluding carboxylic acids is 2. The Balaban J connectivity index is 1.82. The Labute approximate surface area is 215 Å². The fourth-order valence-corrected chi connectivity index (χ4v) is 5.25. The zero-order valence-electron chi connectivity index (χ0n) is 19.3. The molecule has 178 valence electrons. The van der Waals surface area contributed by atoms with Gasteiger partial charge in [0.15, 0.2) is 0 Å². The first-order valence-electron chi connectivity index (χ1n) is 11.0. The van der Waals surface area contributed by atoms with E-state index in [1.54, 1.807) is 30.1 Å². The van der Waals surface area contributed by atoms with Gasteiger partial charge in [0.2, 0.25) is 11.8 Å². The summed E-state index contributed by atoms with van der Waals surface area (Å²) in [5.74, 6) is 0.406. The Hall–Kier alpha value is -2.47. The van der Waals surface area contributed by atoms with E-state index < -0.39 is 6.04 Å². The molecule has 0 spiro atoms. The lowest BCUT2D eigenvalue weighted by Crippen LogP contribution is -2.50. The highest BCUT2D eigenvalue weighted by Crippen LogP contribution is 2.28. The van der Waals surface area contributed by atoms with Gasteiger partial charge in [-0.15, -0.1) is 11.8 Å². The second kappa shape index (κ2) is 12.8. The molecule has 0 radical (unpaired) electrons. The van der Waals surface area contributed by atoms with Crippen LogP contribution in [0.15, 0.2) is 72.8 Å². The Morgan fingerprint density at radius 1 is 0.912 bits per heavy atom. The smallest absolute Gasteiger partial charge is 0.242 e. The van der Waals surface area contributed by atoms with Crippen LogP contribution in [0.2, 0.25) is 10.0 Å². The van der Waals surface area contributed by atoms with E-state index in [0.717, 1.165) is 22.3 Å². The van der Waals surface area contributed by atoms with E-state index in [-0.39, 0.29) is 17.6 Å². The maximum absolute atomic E-state index is 13.5. The number of thioether (sulfide) groups is 1. The number of amides is 2. The third-order valence-electron chi connectivity index (χ3n) is 5.52. The minimum Gasteiger partial charge on any atom is -0.357 e. The zero-order valence-corrected chi connectivity index (χ0v) is 21.6. The van der Waals surface area contributed by atoms with Crippen LogP contribution in [0.1, 0.15) is 22.3 Å². The molecule has 0 aliphatic heterocycles. The minimum absolute atomic E-state index is 0.113. The normalized spacial score (nSPS) is 11.6. The van der Waals surface area contributed by atoms with Gasteiger partial charge < -0.3 is 10.2 Å². The molecule has 7 heteroatoms. The van der Waals surface area contributed by atoms with Gasteiger partial charge in [-0.05, 0) is 35.7 Å². The predicted molar refractivity (Wildman–Crippen MR) is 142 cm³/mol. The lowest BCUT2D eigenvalue weighted by atomic mass is 10.0. The summed E-state index contributed by atoms with van der Waals surface area (Å²) in [6.45, 7) is 2.36. The molecule has 3 aromatic rings. The first kappa shape index (κ1) is 26.1. The summed E-state index contributed by atoms with van der Waals surface area (Å²) in [6.07, 6.45) is 0.430. The monoisotopic (exact) mass is 514 g/mol. The zero-order chi connectivity index (χ0) is 24.5. The molecule has 4 nitrogen and oxygen atoms in total. The number of hydrogen-bond donors (Lipinski definition) is 1. The largest absolute Gasteiger partial charge is 0.357 e. The van der Waals surface area contributed by atoms with Crippen LogP contribution in [0.4, 0.5) is 0 Å². The molecule has 2 amide bonds. The van der Waals surface area contributed by atoms with Gasteiger partial charge in [-0.2, -0.15) is 0 Å². The molecular weight excluding hydrogens is 487 g/mol. The first-order chi connectivity index (χ1) is 16.4. The van der Waals surface area contributed by atoms with Crippen molar-refractivity contribution >= 4 is 46.8 Å². The molecule has 3 aromatic carbocycles. The number of halogens is 2. The van der Waals surface area contributed by atoms with Crippen molar-refractivity contribution in [2.24, 2.45) is 0 Å². The average Bonchev–Trinajstić information content (AvgIpc) is 2.84. The summed E-state index contributed by atoms with van der Waals surface area (Å²) in [7, 11) is 1.60. The summed E-state index contributed by atoms with van der Waals surface area (Å²) in [5, 5.41) is 3.90. The predicted octanol–water partition coefficient (Wildman–Crippen LogP) is 5.92. The Bertz CT molecular complexity index is 1090. The van der Waals surface area contributed by atoms with Crippen molar-refractivity contribution in [1.29, 1.82) is 0 Å². The highest BCUT2D eigenvalue weighted by Gasteiger charge is 2.29. The van der Waals surface area contributed by atoms with E-state index in [4.69, 9.17) is 23.2 Å². The topological polar surface area (TPSA) is 49.4 Å². The van der Waals surface area contributed by atoms with Crippen LogP contribution in [0, 0.1) is 6.92 Å². The third-order valence-corrected chi connectivity index (χ3v) is 7.18. The molecule has 34 heavy (non-hydrogen) atoms. The second-order valence-electron chi connectivity index (χ2n) is 8.02. The molecule has 1 atom stereocenters. The van der Waals surface area contributed by atoms with Crippen molar-refractivity contribution in [2.45, 2.75) is 31.7 Å². The molecule has 0 bridgehead atoms. The van der Waals surface area contributed by atoms with Crippen LogP contribution < -0.4 is 5.32 Å². The van der Waals surface area contributed by atoms with Crippen LogP contribution in [0.25, 0.3) is 0 Å². The number of benzene rings is 3. The number of carbonyl (C=O) groups is 2. The molecule has 0 saturated heterocycles. The van der Waals surface area contributed by atoms with E-state index in [2.05, 4.69) is 5.32 Å². The van der Waals surface area contributed by atoms with Crippen molar-refractivity contribution in [3.63, 3.8) is 0 Å². The molecule has 1 N–H and O–H groups in total. The number of nitrogens with one attached hydrogen (secondary N) is 1. The van der Waals surface area contributed by atoms with Gasteiger partial charge in [-0.1, -0.05) is 89.4 Å². The lowest BCUT2D eigenvalue weighted by molar-refractivity contribution is -0.139. The Morgan fingerprint density at radius 3 is 2.18 bits per heavy atom. The van der Waals surface area contributed by atoms with Crippen molar-refractivity contribution in [2.75, 3.05) is 12.8 Å². The third kappa shape index (κ3) is 7.26. The summed E-state index contributed by atoms with van der Waals surface area (Å²) in [4.78, 5) is 28.1. The fraction of sp³-hybridized carbons (Fsp3) is 0.259. The molecule has 0 aliphatic rings. The summed E-state index contributed by atoms with van der Waals surface area (Å²) < 4.78 is 0. The van der Waals surface area contributed by atoms with E-state index in [9.17, 15) is 9.59 Å². The maximum Gasteiger partial charge on any atom is 0.242 e. The van der Waals surface area contributed by atoms with Crippen LogP contribution in [-0.4, -0.2) is 35.6 Å². The fourth-order valence-electron chi connectivity index (χ4n) is 3.60. The summed E-state index contributed by atoms with van der Waals surface area (Å²) >= 11 is 14.0. The van der Waals surface area contributed by atoms with Gasteiger partial charge >= 0.3 is 0 Å². The lowest BCUT2D eigenvalue weighted by Gasteiger charge is -2.31. The van der Waals surface area contributed by atoms with Crippen LogP contribution in [-0.2, 0) is 28.3 Å². The molecular formula is C27H28Cl2N2O2S. The van der Waals surface area contributed by atoms with Gasteiger partial charge in [0.1, 0.15) is 6.04 Å². The van der Waals surface area contributed by atoms with Gasteiger partial charge in [0.25, 0.3) is 0 Å². The van der Waals surface area contributed by atoms with Crippen LogP contribution in [0.3, 0.4) is 0 Å². The highest BCUT2D eigenvalue weighted by atomic mass is 35.5. The first-order valence-corrected chi connectivity index (χ1v) is 12.9. The number of nitrogens with zero attached hydrogens (tertiary/aromatic N) is 1. The SMILES string of the molecule is CNC(=O)[C@H](Cc1ccccc1)N(Cc1ccc(C)cc1)C(=O)CSCc1c(Cl)cccc1Cl. The quantitative estimate of drug-likeness (QED) is 0.365. The number of hydrogen-bond acceptors (Lipinski definition) is 3. The standard InChI is InChI=1S/C27H28Cl2N2O2S/c1-19-11-13-21(14-12-19)16-31(25(27(33)30-2)15-20-7-4-3-5-8-20)26(32)18-34-17-22-23(28)9-6-10-24(22)29/h3-14,25H,15-18H2,1-2H3,(H,30,33)/t25-/m0/s1. The van der Waals surface area contributed by atoms with Crippen molar-refractivity contribution in [1.82, 2.24) is 10.2 Å². The number of rotatable bonds is 10. The highest BCUT2D eigenvalue weighted by molar-refractivity contribution is 7.99. The van der Waals surface area contributed by atoms with Gasteiger partial charge in [-0.25, -0.2) is 0 Å². The van der Waals surface area contributed by atoms with Crippen LogP contribution >= 0.6 is 35.0 Å². The Morgan fingerprint density at radius 2 is 1.56 bits per heavy atom. The average molecular weight is 516 g/mol. The number of likely N-dealkylation sites (N-methyl/N-ethyl adjacent to an activating group) is 1. The Kier molecular flexibility index (Phi) is 9.87. The van der Waals surface area contributed by atoms with E-state index in [0.29, 0.717) is 28.8 Å². The summed E-state index contributed by atoms with van der Waals surface area (Å²) in [6, 6.07) is 22.5. The van der Waals surface area contributed by atoms with E-state index >= 15 is 0 Å². The number of aryl methyl sites for hydroxylation is 1. The van der Waals surface area contributed by atoms with Crippen molar-refractivity contribution in [3.8, 4) is 0 Å². The second-order valence-corrected chi connectivity index (χ2v) is 9.82. The van der Waals surface area contributed by atoms with Crippen molar-refractivity contribution in [3.05, 3.63) is 105 Å². The summed E-state index contributed by atoms with van der Waals surface area (Å²) in [5.41, 5.74) is 3.91. The minimum atomic E-state index is -0.634. The molecule has 0 aromatic heterocycles. The molecule has 0 unspecified atom stereocenters. The molecule has 0 heterocycles. The molecule has 0 aliphatic carbocycles. The molecule has 0 fully saturated rings.